The molecule has 6 nitrogen and oxygen atoms in total. The molecular formula is C13H19NO5. The highest BCUT2D eigenvalue weighted by molar-refractivity contribution is 5.41. The van der Waals surface area contributed by atoms with Gasteiger partial charge in [-0.3, -0.25) is 0 Å². The molecule has 0 amide bonds. The number of hydrogen-bond acceptors (Lipinski definition) is 6. The lowest BCUT2D eigenvalue weighted by Gasteiger charge is -2.40. The molecule has 106 valence electrons. The van der Waals surface area contributed by atoms with E-state index in [4.69, 9.17) is 19.9 Å². The summed E-state index contributed by atoms with van der Waals surface area (Å²) in [5.74, 6) is 0.525. The molecule has 6 heteroatoms. The molecule has 5 unspecified atom stereocenters. The predicted molar refractivity (Wildman–Crippen MR) is 68.6 cm³/mol. The van der Waals surface area contributed by atoms with Crippen LogP contribution in [0.1, 0.15) is 6.92 Å². The minimum absolute atomic E-state index is 0.493. The van der Waals surface area contributed by atoms with Crippen molar-refractivity contribution >= 4 is 5.69 Å². The number of aliphatic hydroxyl groups is 2. The highest BCUT2D eigenvalue weighted by Gasteiger charge is 2.44. The van der Waals surface area contributed by atoms with Crippen molar-refractivity contribution in [1.29, 1.82) is 0 Å². The largest absolute Gasteiger partial charge is 0.462 e. The van der Waals surface area contributed by atoms with Crippen LogP contribution < -0.4 is 10.5 Å². The summed E-state index contributed by atoms with van der Waals surface area (Å²) in [7, 11) is 1.43. The summed E-state index contributed by atoms with van der Waals surface area (Å²) < 4.78 is 16.1. The molecule has 0 radical (unpaired) electrons. The van der Waals surface area contributed by atoms with Crippen LogP contribution in [0.25, 0.3) is 0 Å². The van der Waals surface area contributed by atoms with Crippen molar-refractivity contribution in [1.82, 2.24) is 0 Å². The van der Waals surface area contributed by atoms with E-state index in [1.807, 2.05) is 0 Å². The Morgan fingerprint density at radius 2 is 1.79 bits per heavy atom. The summed E-state index contributed by atoms with van der Waals surface area (Å²) in [6.45, 7) is 1.70. The average Bonchev–Trinajstić information content (AvgIpc) is 2.39. The standard InChI is InChI=1S/C13H19NO5/c1-7-10(15)12(17-2)11(16)13(18-7)19-9-5-3-8(14)4-6-9/h3-7,10-13,15-16H,14H2,1-2H3. The van der Waals surface area contributed by atoms with Gasteiger partial charge in [0, 0.05) is 12.8 Å². The lowest BCUT2D eigenvalue weighted by Crippen LogP contribution is -2.58. The third kappa shape index (κ3) is 2.98. The van der Waals surface area contributed by atoms with Crippen LogP contribution in [0.15, 0.2) is 24.3 Å². The molecule has 0 aliphatic carbocycles. The van der Waals surface area contributed by atoms with Crippen molar-refractivity contribution in [2.24, 2.45) is 0 Å². The van der Waals surface area contributed by atoms with Gasteiger partial charge in [0.1, 0.15) is 24.1 Å². The zero-order valence-electron chi connectivity index (χ0n) is 10.9. The Hall–Kier alpha value is -1.34. The third-order valence-corrected chi connectivity index (χ3v) is 3.19. The van der Waals surface area contributed by atoms with Gasteiger partial charge in [0.2, 0.25) is 6.29 Å². The molecule has 0 bridgehead atoms. The molecule has 1 aliphatic rings. The highest BCUT2D eigenvalue weighted by Crippen LogP contribution is 2.25. The molecule has 0 spiro atoms. The Bertz CT molecular complexity index is 410. The molecule has 1 saturated heterocycles. The van der Waals surface area contributed by atoms with Gasteiger partial charge in [-0.15, -0.1) is 0 Å². The molecule has 1 fully saturated rings. The van der Waals surface area contributed by atoms with Gasteiger partial charge in [0.05, 0.1) is 6.10 Å². The molecule has 0 saturated carbocycles. The zero-order chi connectivity index (χ0) is 14.0. The molecule has 5 atom stereocenters. The first-order valence-corrected chi connectivity index (χ1v) is 6.09. The Morgan fingerprint density at radius 3 is 2.37 bits per heavy atom. The Balaban J connectivity index is 2.09. The quantitative estimate of drug-likeness (QED) is 0.675. The second-order valence-electron chi connectivity index (χ2n) is 4.58. The number of anilines is 1. The van der Waals surface area contributed by atoms with Gasteiger partial charge in [-0.25, -0.2) is 0 Å². The van der Waals surface area contributed by atoms with E-state index in [2.05, 4.69) is 0 Å². The fourth-order valence-electron chi connectivity index (χ4n) is 2.05. The summed E-state index contributed by atoms with van der Waals surface area (Å²) in [6.07, 6.45) is -4.11. The Labute approximate surface area is 111 Å². The SMILES string of the molecule is COC1C(O)C(C)OC(Oc2ccc(N)cc2)C1O. The van der Waals surface area contributed by atoms with Crippen molar-refractivity contribution in [3.05, 3.63) is 24.3 Å². The fourth-order valence-corrected chi connectivity index (χ4v) is 2.05. The zero-order valence-corrected chi connectivity index (χ0v) is 10.9. The Kier molecular flexibility index (Phi) is 4.26. The number of ether oxygens (including phenoxy) is 3. The number of aliphatic hydroxyl groups excluding tert-OH is 2. The van der Waals surface area contributed by atoms with Crippen LogP contribution in [-0.2, 0) is 9.47 Å². The molecule has 1 aromatic rings. The molecule has 1 aromatic carbocycles. The van der Waals surface area contributed by atoms with Crippen molar-refractivity contribution < 1.29 is 24.4 Å². The summed E-state index contributed by atoms with van der Waals surface area (Å²) >= 11 is 0. The predicted octanol–water partition coefficient (Wildman–Crippen LogP) is 0.129. The minimum atomic E-state index is -1.08. The van der Waals surface area contributed by atoms with Gasteiger partial charge in [0.25, 0.3) is 0 Å². The van der Waals surface area contributed by atoms with E-state index in [1.165, 1.54) is 7.11 Å². The van der Waals surface area contributed by atoms with Crippen LogP contribution >= 0.6 is 0 Å². The summed E-state index contributed by atoms with van der Waals surface area (Å²) in [5, 5.41) is 19.9. The molecule has 19 heavy (non-hydrogen) atoms. The van der Waals surface area contributed by atoms with Gasteiger partial charge < -0.3 is 30.2 Å². The number of methoxy groups -OCH3 is 1. The van der Waals surface area contributed by atoms with Crippen LogP contribution in [0.4, 0.5) is 5.69 Å². The van der Waals surface area contributed by atoms with E-state index in [0.29, 0.717) is 11.4 Å². The number of benzene rings is 1. The number of nitrogens with two attached hydrogens (primary N) is 1. The smallest absolute Gasteiger partial charge is 0.229 e. The third-order valence-electron chi connectivity index (χ3n) is 3.19. The molecule has 4 N–H and O–H groups in total. The number of rotatable bonds is 3. The van der Waals surface area contributed by atoms with Gasteiger partial charge >= 0.3 is 0 Å². The maximum absolute atomic E-state index is 10.1. The van der Waals surface area contributed by atoms with Crippen LogP contribution in [-0.4, -0.2) is 48.0 Å². The molecule has 1 aliphatic heterocycles. The summed E-state index contributed by atoms with van der Waals surface area (Å²) in [6, 6.07) is 6.75. The van der Waals surface area contributed by atoms with Gasteiger partial charge in [-0.2, -0.15) is 0 Å². The number of hydrogen-bond donors (Lipinski definition) is 3. The molecule has 2 rings (SSSR count). The number of nitrogen functional groups attached to an aromatic ring is 1. The van der Waals surface area contributed by atoms with Gasteiger partial charge in [0.15, 0.2) is 0 Å². The van der Waals surface area contributed by atoms with Crippen molar-refractivity contribution in [3.63, 3.8) is 0 Å². The van der Waals surface area contributed by atoms with Crippen molar-refractivity contribution in [2.75, 3.05) is 12.8 Å². The van der Waals surface area contributed by atoms with E-state index < -0.39 is 30.7 Å². The maximum Gasteiger partial charge on any atom is 0.229 e. The summed E-state index contributed by atoms with van der Waals surface area (Å²) in [5.41, 5.74) is 6.20. The maximum atomic E-state index is 10.1. The van der Waals surface area contributed by atoms with Gasteiger partial charge in [-0.05, 0) is 31.2 Å². The van der Waals surface area contributed by atoms with Crippen molar-refractivity contribution in [2.45, 2.75) is 37.6 Å². The monoisotopic (exact) mass is 269 g/mol. The highest BCUT2D eigenvalue weighted by atomic mass is 16.7. The van der Waals surface area contributed by atoms with Crippen LogP contribution in [0.2, 0.25) is 0 Å². The average molecular weight is 269 g/mol. The Morgan fingerprint density at radius 1 is 1.16 bits per heavy atom. The molecule has 0 aromatic heterocycles. The van der Waals surface area contributed by atoms with Crippen molar-refractivity contribution in [3.8, 4) is 5.75 Å². The van der Waals surface area contributed by atoms with Crippen LogP contribution in [0.5, 0.6) is 5.75 Å². The van der Waals surface area contributed by atoms with E-state index >= 15 is 0 Å². The van der Waals surface area contributed by atoms with E-state index in [-0.39, 0.29) is 0 Å². The first-order chi connectivity index (χ1) is 9.02. The van der Waals surface area contributed by atoms with E-state index in [0.717, 1.165) is 0 Å². The van der Waals surface area contributed by atoms with Crippen LogP contribution in [0.3, 0.4) is 0 Å². The normalized spacial score (nSPS) is 35.1. The fraction of sp³-hybridized carbons (Fsp3) is 0.538. The minimum Gasteiger partial charge on any atom is -0.462 e. The van der Waals surface area contributed by atoms with Gasteiger partial charge in [-0.1, -0.05) is 0 Å². The second-order valence-corrected chi connectivity index (χ2v) is 4.58. The van der Waals surface area contributed by atoms with Crippen LogP contribution in [0, 0.1) is 0 Å². The lowest BCUT2D eigenvalue weighted by molar-refractivity contribution is -0.272. The molecular weight excluding hydrogens is 250 g/mol. The van der Waals surface area contributed by atoms with E-state index in [1.54, 1.807) is 31.2 Å². The van der Waals surface area contributed by atoms with E-state index in [9.17, 15) is 10.2 Å². The molecule has 1 heterocycles. The first kappa shape index (κ1) is 14.1. The lowest BCUT2D eigenvalue weighted by atomic mass is 10.00. The second kappa shape index (κ2) is 5.75. The summed E-state index contributed by atoms with van der Waals surface area (Å²) in [4.78, 5) is 0. The topological polar surface area (TPSA) is 94.2 Å². The first-order valence-electron chi connectivity index (χ1n) is 6.09.